The number of benzene rings is 2. The number of pyridine rings is 1. The molecule has 2 aromatic carbocycles. The van der Waals surface area contributed by atoms with Gasteiger partial charge in [-0.2, -0.15) is 5.10 Å². The molecule has 4 bridgehead atoms. The summed E-state index contributed by atoms with van der Waals surface area (Å²) in [5.41, 5.74) is 8.79. The van der Waals surface area contributed by atoms with E-state index in [0.717, 1.165) is 75.4 Å². The molecule has 4 heterocycles. The van der Waals surface area contributed by atoms with Gasteiger partial charge in [0.1, 0.15) is 11.3 Å². The normalized spacial score (nSPS) is 24.5. The van der Waals surface area contributed by atoms with Crippen molar-refractivity contribution in [2.24, 2.45) is 23.2 Å². The number of carbonyl (C=O) groups excluding carboxylic acids is 1. The topological polar surface area (TPSA) is 85.2 Å². The van der Waals surface area contributed by atoms with Gasteiger partial charge in [-0.25, -0.2) is 9.97 Å². The van der Waals surface area contributed by atoms with Gasteiger partial charge in [0.15, 0.2) is 5.13 Å². The maximum absolute atomic E-state index is 13.7. The van der Waals surface area contributed by atoms with E-state index in [4.69, 9.17) is 14.6 Å². The number of thiazole rings is 1. The van der Waals surface area contributed by atoms with Crippen LogP contribution in [0, 0.1) is 30.1 Å². The van der Waals surface area contributed by atoms with Crippen molar-refractivity contribution >= 4 is 52.0 Å². The van der Waals surface area contributed by atoms with Crippen LogP contribution in [-0.2, 0) is 24.0 Å². The lowest BCUT2D eigenvalue weighted by Gasteiger charge is -2.56. The molecule has 1 amide bonds. The van der Waals surface area contributed by atoms with Crippen LogP contribution in [0.2, 0.25) is 0 Å². The highest BCUT2D eigenvalue weighted by Crippen LogP contribution is 2.60. The Morgan fingerprint density at radius 3 is 2.54 bits per heavy atom. The Bertz CT molecular complexity index is 2020. The number of hydrogen-bond acceptors (Lipinski definition) is 7. The molecule has 1 atom stereocenters. The van der Waals surface area contributed by atoms with Crippen LogP contribution in [0.25, 0.3) is 21.3 Å². The minimum atomic E-state index is -0.938. The van der Waals surface area contributed by atoms with Gasteiger partial charge in [-0.05, 0) is 130 Å². The molecule has 1 N–H and O–H groups in total. The Morgan fingerprint density at radius 1 is 1.00 bits per heavy atom. The predicted octanol–water partition coefficient (Wildman–Crippen LogP) is 8.58. The van der Waals surface area contributed by atoms with Gasteiger partial charge in [0.05, 0.1) is 24.6 Å². The Labute approximate surface area is 299 Å². The lowest BCUT2D eigenvalue weighted by molar-refractivity contribution is -0.0638. The van der Waals surface area contributed by atoms with Crippen molar-refractivity contribution < 1.29 is 9.32 Å². The first-order valence-electron chi connectivity index (χ1n) is 18.3. The fourth-order valence-electron chi connectivity index (χ4n) is 10.1. The average molecular weight is 705 g/mol. The number of para-hydroxylation sites is 1. The third-order valence-electron chi connectivity index (χ3n) is 11.9. The van der Waals surface area contributed by atoms with Gasteiger partial charge in [-0.15, -0.1) is 0 Å². The molecule has 3 aromatic heterocycles. The number of nitrogens with zero attached hydrogens (tertiary/aromatic N) is 5. The zero-order valence-corrected chi connectivity index (χ0v) is 30.9. The average Bonchev–Trinajstić information content (AvgIpc) is 3.68. The molecular weight excluding hydrogens is 660 g/mol. The van der Waals surface area contributed by atoms with Crippen molar-refractivity contribution in [3.63, 3.8) is 0 Å². The second kappa shape index (κ2) is 12.8. The number of carbonyl (C=O) groups is 1. The largest absolute Gasteiger partial charge is 0.353 e. The maximum Gasteiger partial charge on any atom is 0.257 e. The molecule has 5 aliphatic rings. The maximum atomic E-state index is 13.7. The Kier molecular flexibility index (Phi) is 8.29. The first kappa shape index (κ1) is 32.3. The highest BCUT2D eigenvalue weighted by Gasteiger charge is 2.51. The molecule has 5 aromatic rings. The molecule has 10 rings (SSSR count). The minimum Gasteiger partial charge on any atom is -0.353 e. The molecule has 4 aliphatic carbocycles. The molecule has 0 spiro atoms. The lowest BCUT2D eigenvalue weighted by Crippen LogP contribution is -2.48. The third kappa shape index (κ3) is 5.85. The highest BCUT2D eigenvalue weighted by atomic mass is 32.1. The van der Waals surface area contributed by atoms with Gasteiger partial charge in [0.2, 0.25) is 0 Å². The first-order chi connectivity index (χ1) is 24.3. The minimum absolute atomic E-state index is 0.124. The summed E-state index contributed by atoms with van der Waals surface area (Å²) in [5, 5.41) is 8.72. The Morgan fingerprint density at radius 2 is 1.78 bits per heavy atom. The van der Waals surface area contributed by atoms with Crippen molar-refractivity contribution in [1.82, 2.24) is 19.7 Å². The SMILES string of the molecule is CCOP(C)c1nc(N2CCc3cccc(C(=O)Nc4nc5ccccc5s4)c3C2)ccc1-c1cnn(CC23CC4CC(CC(C4)C2)C3)c1C. The second-order valence-corrected chi connectivity index (χ2v) is 17.9. The summed E-state index contributed by atoms with van der Waals surface area (Å²) >= 11 is 1.50. The summed E-state index contributed by atoms with van der Waals surface area (Å²) in [4.78, 5) is 25.9. The van der Waals surface area contributed by atoms with Crippen molar-refractivity contribution in [3.8, 4) is 11.1 Å². The van der Waals surface area contributed by atoms with E-state index in [1.54, 1.807) is 0 Å². The van der Waals surface area contributed by atoms with Crippen molar-refractivity contribution in [3.05, 3.63) is 83.2 Å². The lowest BCUT2D eigenvalue weighted by atomic mass is 9.49. The van der Waals surface area contributed by atoms with Crippen LogP contribution in [0.1, 0.15) is 72.6 Å². The second-order valence-electron chi connectivity index (χ2n) is 15.2. The summed E-state index contributed by atoms with van der Waals surface area (Å²) in [6.45, 7) is 9.59. The van der Waals surface area contributed by atoms with Gasteiger partial charge in [0, 0.05) is 48.6 Å². The standard InChI is InChI=1S/C40H45N6O2PS/c1-4-48-49(3)38-31(32-22-41-46(25(32)2)24-40-19-26-16-27(20-40)18-28(17-26)21-40)12-13-36(43-38)45-15-14-29-8-7-9-30(33(29)23-45)37(47)44-39-42-34-10-5-6-11-35(34)50-39/h5-13,22,26-28H,4,14-21,23-24H2,1-3H3,(H,42,44,47). The van der Waals surface area contributed by atoms with E-state index in [0.29, 0.717) is 29.3 Å². The van der Waals surface area contributed by atoms with Crippen molar-refractivity contribution in [1.29, 1.82) is 0 Å². The van der Waals surface area contributed by atoms with Crippen LogP contribution >= 0.6 is 19.5 Å². The van der Waals surface area contributed by atoms with E-state index in [2.05, 4.69) is 64.8 Å². The molecule has 4 saturated carbocycles. The van der Waals surface area contributed by atoms with Crippen LogP contribution in [0.15, 0.2) is 60.8 Å². The van der Waals surface area contributed by atoms with Crippen LogP contribution in [0.4, 0.5) is 10.9 Å². The molecule has 4 fully saturated rings. The van der Waals surface area contributed by atoms with E-state index >= 15 is 0 Å². The molecule has 8 nitrogen and oxygen atoms in total. The van der Waals surface area contributed by atoms with E-state index in [9.17, 15) is 4.79 Å². The number of anilines is 2. The number of hydrogen-bond donors (Lipinski definition) is 1. The fourth-order valence-corrected chi connectivity index (χ4v) is 12.2. The molecule has 258 valence electrons. The molecule has 10 heteroatoms. The summed E-state index contributed by atoms with van der Waals surface area (Å²) in [5.74, 6) is 3.59. The quantitative estimate of drug-likeness (QED) is 0.155. The van der Waals surface area contributed by atoms with Gasteiger partial charge in [-0.3, -0.25) is 14.8 Å². The zero-order valence-electron chi connectivity index (χ0n) is 29.2. The smallest absolute Gasteiger partial charge is 0.257 e. The number of amides is 1. The zero-order chi connectivity index (χ0) is 34.0. The Hall–Kier alpha value is -3.65. The van der Waals surface area contributed by atoms with Crippen LogP contribution in [-0.4, -0.2) is 45.5 Å². The molecule has 1 aliphatic heterocycles. The van der Waals surface area contributed by atoms with E-state index in [1.807, 2.05) is 36.4 Å². The molecular formula is C40H45N6O2PS. The molecule has 0 radical (unpaired) electrons. The monoisotopic (exact) mass is 704 g/mol. The van der Waals surface area contributed by atoms with Crippen molar-refractivity contribution in [2.75, 3.05) is 30.0 Å². The van der Waals surface area contributed by atoms with Gasteiger partial charge >= 0.3 is 0 Å². The van der Waals surface area contributed by atoms with Crippen LogP contribution in [0.5, 0.6) is 0 Å². The first-order valence-corrected chi connectivity index (χ1v) is 20.8. The number of fused-ring (bicyclic) bond motifs is 2. The molecule has 1 unspecified atom stereocenters. The summed E-state index contributed by atoms with van der Waals surface area (Å²) in [6, 6.07) is 18.4. The Balaban J connectivity index is 0.987. The number of nitrogens with one attached hydrogen (secondary N) is 1. The van der Waals surface area contributed by atoms with Crippen LogP contribution < -0.4 is 15.7 Å². The van der Waals surface area contributed by atoms with E-state index in [-0.39, 0.29) is 5.91 Å². The van der Waals surface area contributed by atoms with Crippen molar-refractivity contribution in [2.45, 2.75) is 71.9 Å². The third-order valence-corrected chi connectivity index (χ3v) is 14.4. The highest BCUT2D eigenvalue weighted by molar-refractivity contribution is 7.60. The van der Waals surface area contributed by atoms with E-state index in [1.165, 1.54) is 61.1 Å². The molecule has 0 saturated heterocycles. The van der Waals surface area contributed by atoms with Gasteiger partial charge in [0.25, 0.3) is 5.91 Å². The van der Waals surface area contributed by atoms with Crippen LogP contribution in [0.3, 0.4) is 0 Å². The number of rotatable bonds is 9. The number of aromatic nitrogens is 4. The summed E-state index contributed by atoms with van der Waals surface area (Å²) < 4.78 is 9.62. The van der Waals surface area contributed by atoms with Gasteiger partial charge in [-0.1, -0.05) is 35.6 Å². The summed E-state index contributed by atoms with van der Waals surface area (Å²) in [6.07, 6.45) is 11.4. The van der Waals surface area contributed by atoms with Gasteiger partial charge < -0.3 is 9.42 Å². The predicted molar refractivity (Wildman–Crippen MR) is 204 cm³/mol. The summed E-state index contributed by atoms with van der Waals surface area (Å²) in [7, 11) is -0.938. The van der Waals surface area contributed by atoms with E-state index < -0.39 is 8.15 Å². The fraction of sp³-hybridized carbons (Fsp3) is 0.450. The molecule has 50 heavy (non-hydrogen) atoms.